The minimum atomic E-state index is -0.303. The van der Waals surface area contributed by atoms with Gasteiger partial charge in [0.1, 0.15) is 18.1 Å². The van der Waals surface area contributed by atoms with Crippen molar-refractivity contribution in [1.29, 1.82) is 0 Å². The van der Waals surface area contributed by atoms with Crippen molar-refractivity contribution in [2.75, 3.05) is 6.54 Å². The summed E-state index contributed by atoms with van der Waals surface area (Å²) in [5.41, 5.74) is 2.24. The van der Waals surface area contributed by atoms with E-state index in [9.17, 15) is 9.18 Å². The van der Waals surface area contributed by atoms with Crippen LogP contribution in [0.1, 0.15) is 11.3 Å². The van der Waals surface area contributed by atoms with Crippen LogP contribution in [0.25, 0.3) is 0 Å². The van der Waals surface area contributed by atoms with Gasteiger partial charge in [-0.2, -0.15) is 5.10 Å². The fraction of sp³-hybridized carbons (Fsp3) is 0.125. The number of carbonyl (C=O) groups is 1. The molecule has 0 fully saturated rings. The number of rotatable bonds is 3. The molecular formula is C16H14FN3O. The van der Waals surface area contributed by atoms with E-state index < -0.39 is 0 Å². The highest BCUT2D eigenvalue weighted by Gasteiger charge is 2.22. The van der Waals surface area contributed by atoms with Gasteiger partial charge in [0.2, 0.25) is 0 Å². The molecule has 2 aromatic rings. The van der Waals surface area contributed by atoms with E-state index in [2.05, 4.69) is 11.7 Å². The maximum atomic E-state index is 13.1. The Morgan fingerprint density at radius 3 is 2.76 bits per heavy atom. The van der Waals surface area contributed by atoms with E-state index >= 15 is 0 Å². The molecule has 0 atom stereocenters. The highest BCUT2D eigenvalue weighted by molar-refractivity contribution is 6.12. The van der Waals surface area contributed by atoms with Crippen molar-refractivity contribution < 1.29 is 9.18 Å². The van der Waals surface area contributed by atoms with Crippen LogP contribution in [0.2, 0.25) is 0 Å². The van der Waals surface area contributed by atoms with Gasteiger partial charge in [0.15, 0.2) is 0 Å². The van der Waals surface area contributed by atoms with E-state index in [-0.39, 0.29) is 18.3 Å². The Labute approximate surface area is 121 Å². The monoisotopic (exact) mass is 283 g/mol. The van der Waals surface area contributed by atoms with Crippen LogP contribution >= 0.6 is 0 Å². The molecule has 0 N–H and O–H groups in total. The van der Waals surface area contributed by atoms with E-state index in [1.807, 2.05) is 22.9 Å². The van der Waals surface area contributed by atoms with Crippen LogP contribution in [0.15, 0.2) is 60.4 Å². The summed E-state index contributed by atoms with van der Waals surface area (Å²) in [5.74, 6) is -0.410. The molecule has 1 aliphatic rings. The Morgan fingerprint density at radius 2 is 2.05 bits per heavy atom. The van der Waals surface area contributed by atoms with E-state index in [0.717, 1.165) is 11.3 Å². The van der Waals surface area contributed by atoms with Crippen LogP contribution in [0.4, 0.5) is 4.39 Å². The largest absolute Gasteiger partial charge is 0.337 e. The van der Waals surface area contributed by atoms with E-state index in [0.29, 0.717) is 12.3 Å². The maximum absolute atomic E-state index is 13.1. The third kappa shape index (κ3) is 2.50. The molecule has 1 amide bonds. The number of aromatic nitrogens is 1. The van der Waals surface area contributed by atoms with Gasteiger partial charge < -0.3 is 4.57 Å². The van der Waals surface area contributed by atoms with E-state index in [1.54, 1.807) is 18.2 Å². The van der Waals surface area contributed by atoms with Crippen LogP contribution in [-0.2, 0) is 11.3 Å². The summed E-state index contributed by atoms with van der Waals surface area (Å²) >= 11 is 0. The number of fused-ring (bicyclic) bond motifs is 1. The summed E-state index contributed by atoms with van der Waals surface area (Å²) < 4.78 is 14.9. The van der Waals surface area contributed by atoms with Gasteiger partial charge in [0, 0.05) is 11.8 Å². The molecule has 4 nitrogen and oxygen atoms in total. The molecule has 0 bridgehead atoms. The second-order valence-electron chi connectivity index (χ2n) is 4.74. The quantitative estimate of drug-likeness (QED) is 0.797. The van der Waals surface area contributed by atoms with Crippen LogP contribution in [-0.4, -0.2) is 27.7 Å². The molecule has 0 aliphatic carbocycles. The summed E-state index contributed by atoms with van der Waals surface area (Å²) in [7, 11) is 0. The molecule has 0 saturated carbocycles. The first-order chi connectivity index (χ1) is 10.2. The molecule has 2 heterocycles. The highest BCUT2D eigenvalue weighted by Crippen LogP contribution is 2.17. The van der Waals surface area contributed by atoms with Gasteiger partial charge in [-0.3, -0.25) is 4.79 Å². The molecule has 1 aromatic heterocycles. The molecule has 0 saturated heterocycles. The topological polar surface area (TPSA) is 37.6 Å². The van der Waals surface area contributed by atoms with Gasteiger partial charge in [0.05, 0.1) is 12.2 Å². The summed E-state index contributed by atoms with van der Waals surface area (Å²) in [4.78, 5) is 12.2. The summed E-state index contributed by atoms with van der Waals surface area (Å²) in [5, 5.41) is 5.83. The minimum Gasteiger partial charge on any atom is -0.337 e. The molecule has 21 heavy (non-hydrogen) atoms. The Morgan fingerprint density at radius 1 is 1.29 bits per heavy atom. The zero-order valence-electron chi connectivity index (χ0n) is 11.4. The smallest absolute Gasteiger partial charge is 0.262 e. The van der Waals surface area contributed by atoms with Gasteiger partial charge in [-0.25, -0.2) is 9.40 Å². The lowest BCUT2D eigenvalue weighted by Gasteiger charge is -2.13. The molecule has 5 heteroatoms. The summed E-state index contributed by atoms with van der Waals surface area (Å²) in [6.45, 7) is 4.21. The third-order valence-corrected chi connectivity index (χ3v) is 3.31. The lowest BCUT2D eigenvalue weighted by atomic mass is 10.1. The Bertz CT molecular complexity index is 715. The zero-order valence-corrected chi connectivity index (χ0v) is 11.4. The maximum Gasteiger partial charge on any atom is 0.262 e. The van der Waals surface area contributed by atoms with Crippen molar-refractivity contribution in [2.45, 2.75) is 6.54 Å². The average molecular weight is 283 g/mol. The number of benzene rings is 1. The fourth-order valence-corrected chi connectivity index (χ4v) is 2.30. The first-order valence-electron chi connectivity index (χ1n) is 6.60. The lowest BCUT2D eigenvalue weighted by molar-refractivity contribution is -0.131. The standard InChI is InChI=1S/C16H14FN3O/c1-2-9-20-15(21)11-19-10-3-4-14(19)16(18-20)12-5-7-13(17)8-6-12/h2-8,10H,1,9,11H2. The predicted octanol–water partition coefficient (Wildman–Crippen LogP) is 2.41. The van der Waals surface area contributed by atoms with Crippen molar-refractivity contribution in [3.8, 4) is 0 Å². The van der Waals surface area contributed by atoms with Crippen LogP contribution in [0, 0.1) is 5.82 Å². The van der Waals surface area contributed by atoms with Gasteiger partial charge >= 0.3 is 0 Å². The van der Waals surface area contributed by atoms with Gasteiger partial charge in [0.25, 0.3) is 5.91 Å². The number of hydrogen-bond acceptors (Lipinski definition) is 2. The first kappa shape index (κ1) is 13.3. The number of hydrazone groups is 1. The highest BCUT2D eigenvalue weighted by atomic mass is 19.1. The second-order valence-corrected chi connectivity index (χ2v) is 4.74. The van der Waals surface area contributed by atoms with Crippen molar-refractivity contribution in [3.63, 3.8) is 0 Å². The van der Waals surface area contributed by atoms with Gasteiger partial charge in [-0.15, -0.1) is 6.58 Å². The number of amides is 1. The lowest BCUT2D eigenvalue weighted by Crippen LogP contribution is -2.28. The molecule has 3 rings (SSSR count). The summed E-state index contributed by atoms with van der Waals surface area (Å²) in [6.07, 6.45) is 3.47. The SMILES string of the molecule is C=CCN1N=C(c2ccc(F)cc2)c2cccn2CC1=O. The van der Waals surface area contributed by atoms with E-state index in [1.165, 1.54) is 17.1 Å². The third-order valence-electron chi connectivity index (χ3n) is 3.31. The normalized spacial score (nSPS) is 14.4. The number of carbonyl (C=O) groups excluding carboxylic acids is 1. The zero-order chi connectivity index (χ0) is 14.8. The van der Waals surface area contributed by atoms with Crippen molar-refractivity contribution in [3.05, 3.63) is 72.3 Å². The van der Waals surface area contributed by atoms with E-state index in [4.69, 9.17) is 0 Å². The van der Waals surface area contributed by atoms with Crippen LogP contribution in [0.5, 0.6) is 0 Å². The predicted molar refractivity (Wildman–Crippen MR) is 78.4 cm³/mol. The van der Waals surface area contributed by atoms with Crippen molar-refractivity contribution in [2.24, 2.45) is 5.10 Å². The fourth-order valence-electron chi connectivity index (χ4n) is 2.30. The van der Waals surface area contributed by atoms with Crippen molar-refractivity contribution in [1.82, 2.24) is 9.58 Å². The van der Waals surface area contributed by atoms with Crippen LogP contribution < -0.4 is 0 Å². The van der Waals surface area contributed by atoms with Gasteiger partial charge in [-0.1, -0.05) is 6.08 Å². The number of nitrogens with zero attached hydrogens (tertiary/aromatic N) is 3. The Kier molecular flexibility index (Phi) is 3.39. The average Bonchev–Trinajstić information content (AvgIpc) is 2.88. The molecule has 1 aromatic carbocycles. The molecule has 0 unspecified atom stereocenters. The summed E-state index contributed by atoms with van der Waals surface area (Å²) in [6, 6.07) is 9.85. The first-order valence-corrected chi connectivity index (χ1v) is 6.60. The minimum absolute atomic E-state index is 0.107. The Balaban J connectivity index is 2.13. The molecule has 106 valence electrons. The second kappa shape index (κ2) is 5.36. The van der Waals surface area contributed by atoms with Gasteiger partial charge in [-0.05, 0) is 36.4 Å². The Hall–Kier alpha value is -2.69. The molecule has 0 spiro atoms. The van der Waals surface area contributed by atoms with Crippen LogP contribution in [0.3, 0.4) is 0 Å². The molecule has 0 radical (unpaired) electrons. The molecule has 1 aliphatic heterocycles. The van der Waals surface area contributed by atoms with Crippen molar-refractivity contribution >= 4 is 11.6 Å². The number of halogens is 1. The molecular weight excluding hydrogens is 269 g/mol. The number of hydrogen-bond donors (Lipinski definition) is 0.